The number of hydrogen-bond donors (Lipinski definition) is 0. The average molecular weight is 454 g/mol. The molecule has 15 heavy (non-hydrogen) atoms. The van der Waals surface area contributed by atoms with Gasteiger partial charge in [-0.1, -0.05) is 46.3 Å². The standard InChI is InChI=1S/C11H7BrO2.Tl/c12-9-6-2-4-7-3-1-5-8(10(7)9)11(13)14;/h1-6H,(H,13,14);/q;+1/p-1. The Balaban J connectivity index is 0.00000112. The molecule has 0 saturated carbocycles. The molecule has 2 aromatic carbocycles. The van der Waals surface area contributed by atoms with Gasteiger partial charge in [-0.3, -0.25) is 0 Å². The minimum absolute atomic E-state index is 0. The number of benzene rings is 2. The summed E-state index contributed by atoms with van der Waals surface area (Å²) in [5.41, 5.74) is 0.218. The van der Waals surface area contributed by atoms with Crippen LogP contribution in [0.15, 0.2) is 40.9 Å². The van der Waals surface area contributed by atoms with E-state index in [1.54, 1.807) is 12.1 Å². The maximum absolute atomic E-state index is 10.8. The zero-order valence-electron chi connectivity index (χ0n) is 7.74. The molecule has 0 aromatic heterocycles. The maximum Gasteiger partial charge on any atom is 1.00 e. The van der Waals surface area contributed by atoms with Crippen molar-refractivity contribution in [3.63, 3.8) is 0 Å². The van der Waals surface area contributed by atoms with Crippen LogP contribution in [-0.2, 0) is 0 Å². The summed E-state index contributed by atoms with van der Waals surface area (Å²) in [6.45, 7) is 0. The number of rotatable bonds is 1. The molecular weight excluding hydrogens is 448 g/mol. The van der Waals surface area contributed by atoms with Crippen molar-refractivity contribution in [1.29, 1.82) is 0 Å². The molecule has 0 heterocycles. The van der Waals surface area contributed by atoms with Gasteiger partial charge in [-0.25, -0.2) is 0 Å². The van der Waals surface area contributed by atoms with E-state index >= 15 is 0 Å². The largest absolute Gasteiger partial charge is 1.00 e. The van der Waals surface area contributed by atoms with Gasteiger partial charge in [0.25, 0.3) is 0 Å². The van der Waals surface area contributed by atoms with Crippen LogP contribution in [0.5, 0.6) is 0 Å². The van der Waals surface area contributed by atoms with Crippen molar-refractivity contribution < 1.29 is 9.90 Å². The number of fused-ring (bicyclic) bond motifs is 1. The molecule has 0 fully saturated rings. The molecule has 2 nitrogen and oxygen atoms in total. The summed E-state index contributed by atoms with van der Waals surface area (Å²) in [7, 11) is 0. The fourth-order valence-corrected chi connectivity index (χ4v) is 2.06. The van der Waals surface area contributed by atoms with E-state index < -0.39 is 5.97 Å². The predicted octanol–water partition coefficient (Wildman–Crippen LogP) is 1.58. The Morgan fingerprint density at radius 3 is 2.33 bits per heavy atom. The van der Waals surface area contributed by atoms with Crippen LogP contribution in [0.2, 0.25) is 0 Å². The van der Waals surface area contributed by atoms with Crippen LogP contribution in [0, 0.1) is 0 Å². The molecule has 2 rings (SSSR count). The summed E-state index contributed by atoms with van der Waals surface area (Å²) < 4.78 is 0.773. The molecule has 0 atom stereocenters. The third-order valence-corrected chi connectivity index (χ3v) is 2.73. The topological polar surface area (TPSA) is 40.1 Å². The Bertz CT molecular complexity index is 506. The Morgan fingerprint density at radius 2 is 1.73 bits per heavy atom. The van der Waals surface area contributed by atoms with E-state index in [-0.39, 0.29) is 32.9 Å². The minimum atomic E-state index is -1.15. The van der Waals surface area contributed by atoms with Gasteiger partial charge in [0, 0.05) is 15.4 Å². The molecule has 0 bridgehead atoms. The summed E-state index contributed by atoms with van der Waals surface area (Å²) in [6.07, 6.45) is 0. The SMILES string of the molecule is O=C([O-])c1cccc2cccc(Br)c12.[Tl+]. The van der Waals surface area contributed by atoms with Gasteiger partial charge in [-0.05, 0) is 11.5 Å². The van der Waals surface area contributed by atoms with Gasteiger partial charge in [0.2, 0.25) is 0 Å². The minimum Gasteiger partial charge on any atom is -0.545 e. The molecule has 0 spiro atoms. The Hall–Kier alpha value is -0.428. The molecule has 0 aliphatic heterocycles. The summed E-state index contributed by atoms with van der Waals surface area (Å²) in [5.74, 6) is -1.15. The molecule has 4 heteroatoms. The van der Waals surface area contributed by atoms with Crippen LogP contribution in [0.1, 0.15) is 10.4 Å². The number of carboxylic acids is 1. The summed E-state index contributed by atoms with van der Waals surface area (Å²) >= 11 is 3.32. The zero-order chi connectivity index (χ0) is 10.1. The molecule has 0 amide bonds. The third kappa shape index (κ3) is 2.39. The van der Waals surface area contributed by atoms with Gasteiger partial charge in [0.1, 0.15) is 0 Å². The number of carbonyl (C=O) groups excluding carboxylic acids is 1. The molecule has 2 aromatic rings. The van der Waals surface area contributed by atoms with Crippen LogP contribution < -0.4 is 5.11 Å². The molecular formula is C11H6BrO2Tl. The molecule has 0 radical (unpaired) electrons. The average Bonchev–Trinajstić information content (AvgIpc) is 2.17. The zero-order valence-corrected chi connectivity index (χ0v) is 13.8. The van der Waals surface area contributed by atoms with Crippen LogP contribution in [0.25, 0.3) is 10.8 Å². The first-order chi connectivity index (χ1) is 6.70. The second-order valence-electron chi connectivity index (χ2n) is 2.93. The quantitative estimate of drug-likeness (QED) is 0.615. The normalized spacial score (nSPS) is 9.67. The van der Waals surface area contributed by atoms with Crippen LogP contribution in [-0.4, -0.2) is 33.3 Å². The van der Waals surface area contributed by atoms with Gasteiger partial charge >= 0.3 is 27.3 Å². The van der Waals surface area contributed by atoms with E-state index in [2.05, 4.69) is 15.9 Å². The fraction of sp³-hybridized carbons (Fsp3) is 0. The second kappa shape index (κ2) is 5.07. The monoisotopic (exact) mass is 454 g/mol. The van der Waals surface area contributed by atoms with Gasteiger partial charge in [0.15, 0.2) is 0 Å². The van der Waals surface area contributed by atoms with E-state index in [0.29, 0.717) is 5.39 Å². The van der Waals surface area contributed by atoms with Crippen molar-refractivity contribution in [3.8, 4) is 0 Å². The van der Waals surface area contributed by atoms with Crippen molar-refractivity contribution in [3.05, 3.63) is 46.4 Å². The number of carbonyl (C=O) groups is 1. The van der Waals surface area contributed by atoms with Gasteiger partial charge in [0.05, 0.1) is 5.97 Å². The first kappa shape index (κ1) is 12.6. The predicted molar refractivity (Wildman–Crippen MR) is 61.7 cm³/mol. The van der Waals surface area contributed by atoms with Gasteiger partial charge < -0.3 is 9.90 Å². The number of carboxylic acid groups (broad SMARTS) is 1. The van der Waals surface area contributed by atoms with E-state index in [1.165, 1.54) is 0 Å². The van der Waals surface area contributed by atoms with Crippen molar-refractivity contribution >= 4 is 60.0 Å². The first-order valence-corrected chi connectivity index (χ1v) is 4.88. The molecule has 0 unspecified atom stereocenters. The van der Waals surface area contributed by atoms with E-state index in [4.69, 9.17) is 0 Å². The molecule has 0 aliphatic rings. The van der Waals surface area contributed by atoms with E-state index in [9.17, 15) is 9.90 Å². The van der Waals surface area contributed by atoms with Crippen LogP contribution in [0.3, 0.4) is 0 Å². The fourth-order valence-electron chi connectivity index (χ4n) is 1.47. The van der Waals surface area contributed by atoms with Crippen LogP contribution in [0.4, 0.5) is 0 Å². The smallest absolute Gasteiger partial charge is 0.545 e. The molecule has 72 valence electrons. The van der Waals surface area contributed by atoms with Crippen molar-refractivity contribution in [2.75, 3.05) is 0 Å². The number of aromatic carboxylic acids is 1. The van der Waals surface area contributed by atoms with Crippen LogP contribution >= 0.6 is 15.9 Å². The summed E-state index contributed by atoms with van der Waals surface area (Å²) in [6, 6.07) is 10.7. The van der Waals surface area contributed by atoms with Gasteiger partial charge in [-0.15, -0.1) is 0 Å². The molecule has 0 N–H and O–H groups in total. The Kier molecular flexibility index (Phi) is 4.27. The van der Waals surface area contributed by atoms with Crippen molar-refractivity contribution in [2.24, 2.45) is 0 Å². The maximum atomic E-state index is 10.8. The van der Waals surface area contributed by atoms with E-state index in [1.807, 2.05) is 24.3 Å². The molecule has 0 saturated heterocycles. The summed E-state index contributed by atoms with van der Waals surface area (Å²) in [5, 5.41) is 12.4. The van der Waals surface area contributed by atoms with E-state index in [0.717, 1.165) is 9.86 Å². The van der Waals surface area contributed by atoms with Crippen molar-refractivity contribution in [2.45, 2.75) is 0 Å². The third-order valence-electron chi connectivity index (χ3n) is 2.07. The summed E-state index contributed by atoms with van der Waals surface area (Å²) in [4.78, 5) is 10.8. The Morgan fingerprint density at radius 1 is 1.13 bits per heavy atom. The second-order valence-corrected chi connectivity index (χ2v) is 3.79. The van der Waals surface area contributed by atoms with Gasteiger partial charge in [-0.2, -0.15) is 0 Å². The van der Waals surface area contributed by atoms with Crippen molar-refractivity contribution in [1.82, 2.24) is 0 Å². The number of hydrogen-bond acceptors (Lipinski definition) is 2. The number of halogens is 1. The Labute approximate surface area is 116 Å². The molecule has 0 aliphatic carbocycles. The first-order valence-electron chi connectivity index (χ1n) is 4.09.